The largest absolute Gasteiger partial charge is 0.378 e. The van der Waals surface area contributed by atoms with E-state index in [0.717, 1.165) is 6.54 Å². The summed E-state index contributed by atoms with van der Waals surface area (Å²) in [5, 5.41) is 3.68. The molecule has 0 heterocycles. The lowest BCUT2D eigenvalue weighted by Crippen LogP contribution is -2.22. The Morgan fingerprint density at radius 1 is 1.00 bits per heavy atom. The molecule has 2 nitrogen and oxygen atoms in total. The van der Waals surface area contributed by atoms with Crippen LogP contribution < -0.4 is 10.2 Å². The Kier molecular flexibility index (Phi) is 7.57. The minimum atomic E-state index is 0.516. The van der Waals surface area contributed by atoms with Gasteiger partial charge in [0.2, 0.25) is 0 Å². The van der Waals surface area contributed by atoms with Crippen molar-refractivity contribution >= 4 is 5.69 Å². The molecule has 0 bridgehead atoms. The van der Waals surface area contributed by atoms with Crippen molar-refractivity contribution in [3.63, 3.8) is 0 Å². The highest BCUT2D eigenvalue weighted by atomic mass is 15.1. The fourth-order valence-electron chi connectivity index (χ4n) is 2.31. The summed E-state index contributed by atoms with van der Waals surface area (Å²) < 4.78 is 0. The van der Waals surface area contributed by atoms with Gasteiger partial charge in [0.05, 0.1) is 0 Å². The third-order valence-electron chi connectivity index (χ3n) is 3.55. The van der Waals surface area contributed by atoms with E-state index in [1.165, 1.54) is 43.4 Å². The highest BCUT2D eigenvalue weighted by molar-refractivity contribution is 5.46. The molecule has 2 heteroatoms. The van der Waals surface area contributed by atoms with E-state index in [-0.39, 0.29) is 0 Å². The highest BCUT2D eigenvalue weighted by Gasteiger charge is 2.10. The smallest absolute Gasteiger partial charge is 0.0361 e. The molecule has 0 aliphatic rings. The molecule has 1 aromatic carbocycles. The minimum Gasteiger partial charge on any atom is -0.378 e. The second kappa shape index (κ2) is 8.98. The molecule has 1 unspecified atom stereocenters. The minimum absolute atomic E-state index is 0.516. The van der Waals surface area contributed by atoms with Crippen molar-refractivity contribution in [2.75, 3.05) is 25.5 Å². The first-order valence-electron chi connectivity index (χ1n) is 7.69. The maximum absolute atomic E-state index is 3.68. The van der Waals surface area contributed by atoms with E-state index in [9.17, 15) is 0 Å². The maximum atomic E-state index is 3.68. The number of unbranched alkanes of at least 4 members (excludes halogenated alkanes) is 2. The van der Waals surface area contributed by atoms with Crippen molar-refractivity contribution in [1.29, 1.82) is 0 Å². The van der Waals surface area contributed by atoms with Crippen LogP contribution in [0.2, 0.25) is 0 Å². The van der Waals surface area contributed by atoms with Crippen LogP contribution in [0.4, 0.5) is 5.69 Å². The molecule has 0 spiro atoms. The van der Waals surface area contributed by atoms with E-state index < -0.39 is 0 Å². The summed E-state index contributed by atoms with van der Waals surface area (Å²) in [6.07, 6.45) is 6.38. The van der Waals surface area contributed by atoms with Gasteiger partial charge in [0.1, 0.15) is 0 Å². The summed E-state index contributed by atoms with van der Waals surface area (Å²) in [4.78, 5) is 2.15. The lowest BCUT2D eigenvalue weighted by Gasteiger charge is -2.20. The molecule has 0 aliphatic heterocycles. The normalized spacial score (nSPS) is 12.4. The Bertz CT molecular complexity index is 330. The van der Waals surface area contributed by atoms with Gasteiger partial charge in [-0.3, -0.25) is 0 Å². The number of benzene rings is 1. The predicted molar refractivity (Wildman–Crippen MR) is 85.9 cm³/mol. The molecule has 19 heavy (non-hydrogen) atoms. The van der Waals surface area contributed by atoms with E-state index in [1.54, 1.807) is 0 Å². The SMILES string of the molecule is CCCCCC(NCCC)c1ccc(N(C)C)cc1. The number of nitrogens with one attached hydrogen (secondary N) is 1. The zero-order valence-corrected chi connectivity index (χ0v) is 13.1. The quantitative estimate of drug-likeness (QED) is 0.665. The van der Waals surface area contributed by atoms with Gasteiger partial charge in [-0.1, -0.05) is 45.2 Å². The van der Waals surface area contributed by atoms with Gasteiger partial charge in [-0.15, -0.1) is 0 Å². The van der Waals surface area contributed by atoms with Crippen LogP contribution in [0.5, 0.6) is 0 Å². The molecule has 1 N–H and O–H groups in total. The third kappa shape index (κ3) is 5.65. The van der Waals surface area contributed by atoms with Crippen molar-refractivity contribution in [2.45, 2.75) is 52.0 Å². The highest BCUT2D eigenvalue weighted by Crippen LogP contribution is 2.22. The van der Waals surface area contributed by atoms with Crippen molar-refractivity contribution in [1.82, 2.24) is 5.32 Å². The van der Waals surface area contributed by atoms with Crippen LogP contribution >= 0.6 is 0 Å². The summed E-state index contributed by atoms with van der Waals surface area (Å²) in [6, 6.07) is 9.50. The number of hydrogen-bond donors (Lipinski definition) is 1. The van der Waals surface area contributed by atoms with Crippen molar-refractivity contribution in [3.05, 3.63) is 29.8 Å². The van der Waals surface area contributed by atoms with Gasteiger partial charge in [0.15, 0.2) is 0 Å². The van der Waals surface area contributed by atoms with Crippen LogP contribution in [-0.2, 0) is 0 Å². The Morgan fingerprint density at radius 2 is 1.68 bits per heavy atom. The van der Waals surface area contributed by atoms with Crippen LogP contribution in [-0.4, -0.2) is 20.6 Å². The van der Waals surface area contributed by atoms with Gasteiger partial charge in [-0.05, 0) is 37.1 Å². The van der Waals surface area contributed by atoms with E-state index in [1.807, 2.05) is 0 Å². The summed E-state index contributed by atoms with van der Waals surface area (Å²) in [5.74, 6) is 0. The van der Waals surface area contributed by atoms with Gasteiger partial charge >= 0.3 is 0 Å². The summed E-state index contributed by atoms with van der Waals surface area (Å²) >= 11 is 0. The van der Waals surface area contributed by atoms with Gasteiger partial charge in [-0.25, -0.2) is 0 Å². The zero-order valence-electron chi connectivity index (χ0n) is 13.1. The molecule has 108 valence electrons. The first-order valence-corrected chi connectivity index (χ1v) is 7.69. The standard InChI is InChI=1S/C17H30N2/c1-5-7-8-9-17(18-14-6-2)15-10-12-16(13-11-15)19(3)4/h10-13,17-18H,5-9,14H2,1-4H3. The van der Waals surface area contributed by atoms with Crippen molar-refractivity contribution in [3.8, 4) is 0 Å². The first-order chi connectivity index (χ1) is 9.19. The monoisotopic (exact) mass is 262 g/mol. The number of nitrogens with zero attached hydrogens (tertiary/aromatic N) is 1. The molecule has 1 rings (SSSR count). The lowest BCUT2D eigenvalue weighted by atomic mass is 10.00. The molecule has 0 aromatic heterocycles. The molecule has 0 amide bonds. The average molecular weight is 262 g/mol. The topological polar surface area (TPSA) is 15.3 Å². The van der Waals surface area contributed by atoms with Gasteiger partial charge in [0, 0.05) is 25.8 Å². The van der Waals surface area contributed by atoms with Gasteiger partial charge in [0.25, 0.3) is 0 Å². The maximum Gasteiger partial charge on any atom is 0.0361 e. The molecule has 1 aromatic rings. The van der Waals surface area contributed by atoms with Crippen molar-refractivity contribution in [2.24, 2.45) is 0 Å². The van der Waals surface area contributed by atoms with E-state index in [2.05, 4.69) is 62.4 Å². The third-order valence-corrected chi connectivity index (χ3v) is 3.55. The Labute approximate surface area is 119 Å². The molecular weight excluding hydrogens is 232 g/mol. The molecule has 0 aliphatic carbocycles. The predicted octanol–water partition coefficient (Wildman–Crippen LogP) is 4.37. The molecule has 0 fully saturated rings. The van der Waals surface area contributed by atoms with Crippen LogP contribution in [0.1, 0.15) is 57.6 Å². The zero-order chi connectivity index (χ0) is 14.1. The Morgan fingerprint density at radius 3 is 2.21 bits per heavy atom. The second-order valence-corrected chi connectivity index (χ2v) is 5.49. The van der Waals surface area contributed by atoms with Gasteiger partial charge in [-0.2, -0.15) is 0 Å². The molecular formula is C17H30N2. The molecule has 0 saturated carbocycles. The number of hydrogen-bond acceptors (Lipinski definition) is 2. The fourth-order valence-corrected chi connectivity index (χ4v) is 2.31. The Hall–Kier alpha value is -1.02. The average Bonchev–Trinajstić information content (AvgIpc) is 2.43. The van der Waals surface area contributed by atoms with E-state index in [4.69, 9.17) is 0 Å². The lowest BCUT2D eigenvalue weighted by molar-refractivity contribution is 0.474. The van der Waals surface area contributed by atoms with Crippen LogP contribution in [0.3, 0.4) is 0 Å². The van der Waals surface area contributed by atoms with E-state index >= 15 is 0 Å². The molecule has 0 radical (unpaired) electrons. The Balaban J connectivity index is 2.66. The summed E-state index contributed by atoms with van der Waals surface area (Å²) in [6.45, 7) is 5.60. The van der Waals surface area contributed by atoms with Gasteiger partial charge < -0.3 is 10.2 Å². The first kappa shape index (κ1) is 16.0. The van der Waals surface area contributed by atoms with Crippen molar-refractivity contribution < 1.29 is 0 Å². The summed E-state index contributed by atoms with van der Waals surface area (Å²) in [5.41, 5.74) is 2.70. The molecule has 0 saturated heterocycles. The number of rotatable bonds is 9. The van der Waals surface area contributed by atoms with Crippen LogP contribution in [0.25, 0.3) is 0 Å². The molecule has 1 atom stereocenters. The fraction of sp³-hybridized carbons (Fsp3) is 0.647. The van der Waals surface area contributed by atoms with E-state index in [0.29, 0.717) is 6.04 Å². The second-order valence-electron chi connectivity index (χ2n) is 5.49. The number of anilines is 1. The van der Waals surface area contributed by atoms with Crippen LogP contribution in [0.15, 0.2) is 24.3 Å². The summed E-state index contributed by atoms with van der Waals surface area (Å²) in [7, 11) is 4.17. The van der Waals surface area contributed by atoms with Crippen LogP contribution in [0, 0.1) is 0 Å².